The van der Waals surface area contributed by atoms with Gasteiger partial charge in [0.2, 0.25) is 11.9 Å². The first-order valence-electron chi connectivity index (χ1n) is 10.5. The van der Waals surface area contributed by atoms with E-state index in [0.29, 0.717) is 37.9 Å². The van der Waals surface area contributed by atoms with Crippen molar-refractivity contribution in [3.8, 4) is 11.1 Å². The number of aromatic nitrogens is 2. The van der Waals surface area contributed by atoms with Gasteiger partial charge in [-0.1, -0.05) is 29.8 Å². The normalized spacial score (nSPS) is 13.8. The van der Waals surface area contributed by atoms with E-state index in [9.17, 15) is 9.18 Å². The molecule has 1 aliphatic heterocycles. The molecule has 33 heavy (non-hydrogen) atoms. The molecule has 4 rings (SSSR count). The molecule has 0 spiro atoms. The molecule has 1 saturated heterocycles. The largest absolute Gasteiger partial charge is 0.378 e. The molecular formula is C24H23ClFN5O2. The fourth-order valence-corrected chi connectivity index (χ4v) is 3.60. The second-order valence-corrected chi connectivity index (χ2v) is 7.76. The first kappa shape index (κ1) is 22.7. The van der Waals surface area contributed by atoms with E-state index >= 15 is 0 Å². The average molecular weight is 468 g/mol. The van der Waals surface area contributed by atoms with Crippen molar-refractivity contribution in [2.45, 2.75) is 0 Å². The van der Waals surface area contributed by atoms with Crippen LogP contribution in [0, 0.1) is 5.82 Å². The van der Waals surface area contributed by atoms with Crippen LogP contribution in [0.5, 0.6) is 0 Å². The minimum atomic E-state index is -0.488. The van der Waals surface area contributed by atoms with E-state index < -0.39 is 5.82 Å². The van der Waals surface area contributed by atoms with E-state index in [0.717, 1.165) is 22.5 Å². The number of morpholine rings is 1. The molecule has 0 bridgehead atoms. The third-order valence-electron chi connectivity index (χ3n) is 5.13. The molecule has 0 unspecified atom stereocenters. The summed E-state index contributed by atoms with van der Waals surface area (Å²) in [6.45, 7) is 2.60. The highest BCUT2D eigenvalue weighted by Gasteiger charge is 2.19. The number of hydrogen-bond acceptors (Lipinski definition) is 6. The summed E-state index contributed by atoms with van der Waals surface area (Å²) in [5, 5.41) is 5.68. The number of carbonyl (C=O) groups is 1. The van der Waals surface area contributed by atoms with Crippen LogP contribution in [-0.2, 0) is 9.53 Å². The van der Waals surface area contributed by atoms with Crippen molar-refractivity contribution in [2.24, 2.45) is 0 Å². The molecule has 2 N–H and O–H groups in total. The van der Waals surface area contributed by atoms with E-state index in [1.807, 2.05) is 24.3 Å². The van der Waals surface area contributed by atoms with Gasteiger partial charge in [0.05, 0.1) is 18.2 Å². The molecule has 7 nitrogen and oxygen atoms in total. The maximum Gasteiger partial charge on any atom is 0.243 e. The maximum atomic E-state index is 13.5. The van der Waals surface area contributed by atoms with Gasteiger partial charge in [0.25, 0.3) is 0 Å². The number of nitrogens with one attached hydrogen (secondary N) is 2. The third-order valence-corrected chi connectivity index (χ3v) is 5.42. The molecule has 1 amide bonds. The molecule has 9 heteroatoms. The zero-order valence-electron chi connectivity index (χ0n) is 18.0. The number of ether oxygens (including phenoxy) is 1. The predicted octanol–water partition coefficient (Wildman–Crippen LogP) is 4.28. The van der Waals surface area contributed by atoms with Gasteiger partial charge in [-0.2, -0.15) is 4.98 Å². The average Bonchev–Trinajstić information content (AvgIpc) is 2.85. The topological polar surface area (TPSA) is 79.4 Å². The highest BCUT2D eigenvalue weighted by Crippen LogP contribution is 2.32. The van der Waals surface area contributed by atoms with E-state index in [4.69, 9.17) is 21.3 Å². The standard InChI is InChI=1S/C24H23ClFN5O2/c1-27-22(32)8-5-16-3-2-4-17(13-16)19-15-28-24(29-18-6-7-21(26)20(25)14-18)30-23(19)31-9-11-33-12-10-31/h2-8,13-15H,9-12H2,1H3,(H,27,32)(H,28,29,30). The lowest BCUT2D eigenvalue weighted by molar-refractivity contribution is -0.115. The summed E-state index contributed by atoms with van der Waals surface area (Å²) >= 11 is 5.90. The number of nitrogens with zero attached hydrogens (tertiary/aromatic N) is 3. The Morgan fingerprint density at radius 2 is 2.03 bits per heavy atom. The Morgan fingerprint density at radius 1 is 1.21 bits per heavy atom. The van der Waals surface area contributed by atoms with Gasteiger partial charge in [-0.3, -0.25) is 4.79 Å². The van der Waals surface area contributed by atoms with Crippen molar-refractivity contribution >= 4 is 41.0 Å². The number of hydrogen-bond donors (Lipinski definition) is 2. The van der Waals surface area contributed by atoms with Crippen LogP contribution in [0.25, 0.3) is 17.2 Å². The molecular weight excluding hydrogens is 445 g/mol. The Hall–Kier alpha value is -3.49. The van der Waals surface area contributed by atoms with E-state index in [-0.39, 0.29) is 10.9 Å². The van der Waals surface area contributed by atoms with E-state index in [1.165, 1.54) is 18.2 Å². The summed E-state index contributed by atoms with van der Waals surface area (Å²) < 4.78 is 19.0. The van der Waals surface area contributed by atoms with Crippen molar-refractivity contribution in [1.29, 1.82) is 0 Å². The molecule has 1 aliphatic rings. The Kier molecular flexibility index (Phi) is 7.16. The predicted molar refractivity (Wildman–Crippen MR) is 128 cm³/mol. The molecule has 1 fully saturated rings. The number of anilines is 3. The Balaban J connectivity index is 1.69. The van der Waals surface area contributed by atoms with Crippen LogP contribution >= 0.6 is 11.6 Å². The summed E-state index contributed by atoms with van der Waals surface area (Å²) in [4.78, 5) is 22.9. The number of carbonyl (C=O) groups excluding carboxylic acids is 1. The summed E-state index contributed by atoms with van der Waals surface area (Å²) in [6.07, 6.45) is 5.00. The lowest BCUT2D eigenvalue weighted by Gasteiger charge is -2.29. The van der Waals surface area contributed by atoms with Crippen LogP contribution in [-0.4, -0.2) is 49.2 Å². The molecule has 0 aliphatic carbocycles. The molecule has 0 atom stereocenters. The van der Waals surface area contributed by atoms with Crippen LogP contribution in [0.1, 0.15) is 5.56 Å². The second-order valence-electron chi connectivity index (χ2n) is 7.36. The maximum absolute atomic E-state index is 13.5. The summed E-state index contributed by atoms with van der Waals surface area (Å²) in [5.41, 5.74) is 3.25. The first-order chi connectivity index (χ1) is 16.0. The van der Waals surface area contributed by atoms with Crippen LogP contribution < -0.4 is 15.5 Å². The summed E-state index contributed by atoms with van der Waals surface area (Å²) in [7, 11) is 1.59. The molecule has 0 saturated carbocycles. The van der Waals surface area contributed by atoms with Gasteiger partial charge < -0.3 is 20.3 Å². The number of amides is 1. The van der Waals surface area contributed by atoms with Gasteiger partial charge >= 0.3 is 0 Å². The Morgan fingerprint density at radius 3 is 2.79 bits per heavy atom. The number of halogens is 2. The fraction of sp³-hybridized carbons (Fsp3) is 0.208. The van der Waals surface area contributed by atoms with Crippen molar-refractivity contribution in [3.05, 3.63) is 71.1 Å². The quantitative estimate of drug-likeness (QED) is 0.527. The highest BCUT2D eigenvalue weighted by atomic mass is 35.5. The third kappa shape index (κ3) is 5.66. The van der Waals surface area contributed by atoms with Crippen LogP contribution in [0.2, 0.25) is 5.02 Å². The van der Waals surface area contributed by atoms with Gasteiger partial charge in [0.1, 0.15) is 11.6 Å². The number of benzene rings is 2. The van der Waals surface area contributed by atoms with Gasteiger partial charge in [-0.05, 0) is 41.5 Å². The van der Waals surface area contributed by atoms with Crippen molar-refractivity contribution in [2.75, 3.05) is 43.6 Å². The summed E-state index contributed by atoms with van der Waals surface area (Å²) in [5.74, 6) is 0.474. The van der Waals surface area contributed by atoms with E-state index in [2.05, 4.69) is 20.5 Å². The summed E-state index contributed by atoms with van der Waals surface area (Å²) in [6, 6.07) is 12.2. The Labute approximate surface area is 196 Å². The van der Waals surface area contributed by atoms with Crippen LogP contribution in [0.4, 0.5) is 21.8 Å². The van der Waals surface area contributed by atoms with Crippen LogP contribution in [0.3, 0.4) is 0 Å². The SMILES string of the molecule is CNC(=O)C=Cc1cccc(-c2cnc(Nc3ccc(F)c(Cl)c3)nc2N2CCOCC2)c1. The van der Waals surface area contributed by atoms with E-state index in [1.54, 1.807) is 25.4 Å². The molecule has 2 aromatic carbocycles. The van der Waals surface area contributed by atoms with Crippen molar-refractivity contribution < 1.29 is 13.9 Å². The van der Waals surface area contributed by atoms with Crippen LogP contribution in [0.15, 0.2) is 54.7 Å². The fourth-order valence-electron chi connectivity index (χ4n) is 3.42. The number of rotatable bonds is 6. The molecule has 3 aromatic rings. The van der Waals surface area contributed by atoms with Gasteiger partial charge in [0.15, 0.2) is 0 Å². The van der Waals surface area contributed by atoms with Crippen molar-refractivity contribution in [1.82, 2.24) is 15.3 Å². The lowest BCUT2D eigenvalue weighted by atomic mass is 10.0. The monoisotopic (exact) mass is 467 g/mol. The minimum Gasteiger partial charge on any atom is -0.378 e. The zero-order chi connectivity index (χ0) is 23.2. The van der Waals surface area contributed by atoms with Gasteiger partial charge in [0, 0.05) is 43.7 Å². The minimum absolute atomic E-state index is 0.0200. The first-order valence-corrected chi connectivity index (χ1v) is 10.8. The lowest BCUT2D eigenvalue weighted by Crippen LogP contribution is -2.37. The molecule has 0 radical (unpaired) electrons. The smallest absolute Gasteiger partial charge is 0.243 e. The second kappa shape index (κ2) is 10.4. The zero-order valence-corrected chi connectivity index (χ0v) is 18.8. The Bertz CT molecular complexity index is 1180. The highest BCUT2D eigenvalue weighted by molar-refractivity contribution is 6.31. The molecule has 2 heterocycles. The van der Waals surface area contributed by atoms with Crippen molar-refractivity contribution in [3.63, 3.8) is 0 Å². The molecule has 1 aromatic heterocycles. The van der Waals surface area contributed by atoms with Gasteiger partial charge in [-0.25, -0.2) is 9.37 Å². The van der Waals surface area contributed by atoms with Gasteiger partial charge in [-0.15, -0.1) is 0 Å². The molecule has 170 valence electrons. The number of likely N-dealkylation sites (N-methyl/N-ethyl adjacent to an activating group) is 1.